The summed E-state index contributed by atoms with van der Waals surface area (Å²) in [6.45, 7) is -0.432. The summed E-state index contributed by atoms with van der Waals surface area (Å²) in [6.07, 6.45) is -0.0830. The van der Waals surface area contributed by atoms with Gasteiger partial charge in [0.1, 0.15) is 24.2 Å². The van der Waals surface area contributed by atoms with Gasteiger partial charge in [0, 0.05) is 19.5 Å². The number of carboxylic acid groups (broad SMARTS) is 1. The first-order valence-corrected chi connectivity index (χ1v) is 11.7. The van der Waals surface area contributed by atoms with Crippen LogP contribution in [0.15, 0.2) is 9.98 Å². The second-order valence-electron chi connectivity index (χ2n) is 8.21. The lowest BCUT2D eigenvalue weighted by Gasteiger charge is -2.25. The first-order valence-electron chi connectivity index (χ1n) is 11.7. The molecule has 0 radical (unpaired) electrons. The minimum atomic E-state index is -1.45. The number of carbonyl (C=O) groups excluding carboxylic acids is 4. The Balaban J connectivity index is 5.70. The van der Waals surface area contributed by atoms with Gasteiger partial charge < -0.3 is 60.6 Å². The molecule has 0 aliphatic rings. The predicted octanol–water partition coefficient (Wildman–Crippen LogP) is -5.78. The molecule has 0 fully saturated rings. The number of carbonyl (C=O) groups is 5. The summed E-state index contributed by atoms with van der Waals surface area (Å²) in [5.41, 5.74) is 31.7. The van der Waals surface area contributed by atoms with Gasteiger partial charge >= 0.3 is 5.97 Å². The van der Waals surface area contributed by atoms with Crippen molar-refractivity contribution in [2.45, 2.75) is 62.7 Å². The zero-order valence-corrected chi connectivity index (χ0v) is 21.0. The van der Waals surface area contributed by atoms with Crippen LogP contribution in [0, 0.1) is 0 Å². The Morgan fingerprint density at radius 2 is 1.11 bits per heavy atom. The zero-order valence-electron chi connectivity index (χ0n) is 21.0. The summed E-state index contributed by atoms with van der Waals surface area (Å²) >= 11 is 0. The number of hydrogen-bond donors (Lipinski definition) is 11. The van der Waals surface area contributed by atoms with E-state index in [9.17, 15) is 29.1 Å². The van der Waals surface area contributed by atoms with Crippen LogP contribution < -0.4 is 50.4 Å². The Morgan fingerprint density at radius 3 is 1.47 bits per heavy atom. The molecule has 0 aliphatic heterocycles. The van der Waals surface area contributed by atoms with E-state index in [1.54, 1.807) is 0 Å². The van der Waals surface area contributed by atoms with Crippen molar-refractivity contribution in [3.05, 3.63) is 0 Å². The Morgan fingerprint density at radius 1 is 0.684 bits per heavy atom. The lowest BCUT2D eigenvalue weighted by molar-refractivity contribution is -0.142. The van der Waals surface area contributed by atoms with Crippen LogP contribution in [-0.2, 0) is 24.0 Å². The molecule has 0 aliphatic carbocycles. The second kappa shape index (κ2) is 18.1. The first-order chi connectivity index (χ1) is 17.8. The van der Waals surface area contributed by atoms with Crippen molar-refractivity contribution in [2.24, 2.45) is 44.4 Å². The van der Waals surface area contributed by atoms with E-state index >= 15 is 0 Å². The lowest BCUT2D eigenvalue weighted by Crippen LogP contribution is -2.57. The molecule has 4 amide bonds. The van der Waals surface area contributed by atoms with Crippen LogP contribution >= 0.6 is 0 Å². The molecule has 0 aromatic carbocycles. The van der Waals surface area contributed by atoms with E-state index in [4.69, 9.17) is 39.5 Å². The summed E-state index contributed by atoms with van der Waals surface area (Å²) in [7, 11) is 0. The third-order valence-electron chi connectivity index (χ3n) is 4.98. The molecule has 0 bridgehead atoms. The quantitative estimate of drug-likeness (QED) is 0.0410. The molecule has 0 heterocycles. The maximum Gasteiger partial charge on any atom is 0.326 e. The minimum Gasteiger partial charge on any atom is -0.480 e. The number of nitrogens with two attached hydrogens (primary N) is 6. The van der Waals surface area contributed by atoms with Crippen molar-refractivity contribution < 1.29 is 34.2 Å². The van der Waals surface area contributed by atoms with Crippen molar-refractivity contribution in [2.75, 3.05) is 19.7 Å². The molecule has 18 heteroatoms. The maximum atomic E-state index is 13.1. The number of guanidine groups is 2. The second-order valence-corrected chi connectivity index (χ2v) is 8.21. The number of aliphatic hydroxyl groups is 1. The fourth-order valence-electron chi connectivity index (χ4n) is 3.00. The molecule has 0 saturated carbocycles. The number of hydrogen-bond acceptors (Lipinski definition) is 9. The SMILES string of the molecule is NC(=O)CCC(NC(=O)C(CCCN=C(N)N)NC(=O)C(CCCN=C(N)N)NC(=O)C(N)CO)C(=O)O. The number of aliphatic imine (C=N–C) groups is 2. The third kappa shape index (κ3) is 15.0. The monoisotopic (exact) mass is 545 g/mol. The molecule has 0 saturated heterocycles. The van der Waals surface area contributed by atoms with E-state index in [-0.39, 0.29) is 63.5 Å². The molecule has 18 nitrogen and oxygen atoms in total. The van der Waals surface area contributed by atoms with E-state index in [0.717, 1.165) is 0 Å². The maximum absolute atomic E-state index is 13.1. The minimum absolute atomic E-state index is 0.0126. The van der Waals surface area contributed by atoms with Crippen LogP contribution in [-0.4, -0.2) is 95.6 Å². The average molecular weight is 546 g/mol. The fraction of sp³-hybridized carbons (Fsp3) is 0.650. The van der Waals surface area contributed by atoms with Gasteiger partial charge in [-0.25, -0.2) is 4.79 Å². The molecule has 4 atom stereocenters. The van der Waals surface area contributed by atoms with Crippen LogP contribution in [0.5, 0.6) is 0 Å². The standard InChI is InChI=1S/C20H39N11O7/c21-10(9-32)15(34)29-11(3-1-7-27-19(23)24)16(35)30-12(4-2-8-28-20(25)26)17(36)31-13(18(37)38)5-6-14(22)33/h10-13,32H,1-9,21H2,(H2,22,33)(H,29,34)(H,30,35)(H,31,36)(H,37,38)(H4,23,24,27)(H4,25,26,28). The van der Waals surface area contributed by atoms with E-state index < -0.39 is 60.4 Å². The molecule has 0 aromatic heterocycles. The van der Waals surface area contributed by atoms with Gasteiger partial charge in [-0.1, -0.05) is 0 Å². The summed E-state index contributed by atoms with van der Waals surface area (Å²) in [5.74, 6) is -4.99. The van der Waals surface area contributed by atoms with E-state index in [2.05, 4.69) is 25.9 Å². The zero-order chi connectivity index (χ0) is 29.3. The summed E-state index contributed by atoms with van der Waals surface area (Å²) in [6, 6.07) is -5.23. The van der Waals surface area contributed by atoms with Gasteiger partial charge in [-0.3, -0.25) is 29.2 Å². The Labute approximate surface area is 219 Å². The lowest BCUT2D eigenvalue weighted by atomic mass is 10.1. The van der Waals surface area contributed by atoms with Gasteiger partial charge in [-0.2, -0.15) is 0 Å². The molecule has 0 spiro atoms. The van der Waals surface area contributed by atoms with Gasteiger partial charge in [0.05, 0.1) is 6.61 Å². The van der Waals surface area contributed by atoms with Gasteiger partial charge in [0.2, 0.25) is 23.6 Å². The number of carboxylic acids is 1. The van der Waals surface area contributed by atoms with Crippen LogP contribution in [0.1, 0.15) is 38.5 Å². The summed E-state index contributed by atoms with van der Waals surface area (Å²) in [4.78, 5) is 68.4. The van der Waals surface area contributed by atoms with Gasteiger partial charge in [-0.15, -0.1) is 0 Å². The molecule has 4 unspecified atom stereocenters. The number of aliphatic carboxylic acids is 1. The summed E-state index contributed by atoms with van der Waals surface area (Å²) in [5, 5.41) is 25.7. The Kier molecular flexibility index (Phi) is 16.1. The number of primary amides is 1. The normalized spacial score (nSPS) is 13.6. The molecular formula is C20H39N11O7. The molecular weight excluding hydrogens is 506 g/mol. The topological polar surface area (TPSA) is 343 Å². The number of nitrogens with zero attached hydrogens (tertiary/aromatic N) is 2. The van der Waals surface area contributed by atoms with Crippen molar-refractivity contribution in [1.29, 1.82) is 0 Å². The summed E-state index contributed by atoms with van der Waals surface area (Å²) < 4.78 is 0. The Hall–Kier alpha value is -4.19. The molecule has 0 aromatic rings. The van der Waals surface area contributed by atoms with Crippen LogP contribution in [0.4, 0.5) is 0 Å². The number of rotatable bonds is 19. The number of aliphatic hydroxyl groups excluding tert-OH is 1. The van der Waals surface area contributed by atoms with Crippen molar-refractivity contribution in [1.82, 2.24) is 16.0 Å². The highest BCUT2D eigenvalue weighted by molar-refractivity contribution is 5.94. The highest BCUT2D eigenvalue weighted by Crippen LogP contribution is 2.06. The smallest absolute Gasteiger partial charge is 0.326 e. The Bertz CT molecular complexity index is 873. The molecule has 17 N–H and O–H groups in total. The van der Waals surface area contributed by atoms with E-state index in [0.29, 0.717) is 0 Å². The van der Waals surface area contributed by atoms with Crippen LogP contribution in [0.3, 0.4) is 0 Å². The largest absolute Gasteiger partial charge is 0.480 e. The van der Waals surface area contributed by atoms with E-state index in [1.165, 1.54) is 0 Å². The predicted molar refractivity (Wildman–Crippen MR) is 137 cm³/mol. The van der Waals surface area contributed by atoms with Crippen molar-refractivity contribution >= 4 is 41.5 Å². The third-order valence-corrected chi connectivity index (χ3v) is 4.98. The number of nitrogens with one attached hydrogen (secondary N) is 3. The van der Waals surface area contributed by atoms with Gasteiger partial charge in [0.15, 0.2) is 11.9 Å². The molecule has 216 valence electrons. The highest BCUT2D eigenvalue weighted by atomic mass is 16.4. The van der Waals surface area contributed by atoms with Gasteiger partial charge in [-0.05, 0) is 32.1 Å². The van der Waals surface area contributed by atoms with Crippen molar-refractivity contribution in [3.8, 4) is 0 Å². The molecule has 0 rings (SSSR count). The average Bonchev–Trinajstić information content (AvgIpc) is 2.83. The number of amides is 4. The van der Waals surface area contributed by atoms with Gasteiger partial charge in [0.25, 0.3) is 0 Å². The fourth-order valence-corrected chi connectivity index (χ4v) is 3.00. The van der Waals surface area contributed by atoms with Crippen molar-refractivity contribution in [3.63, 3.8) is 0 Å². The first kappa shape index (κ1) is 33.8. The van der Waals surface area contributed by atoms with E-state index in [1.807, 2.05) is 0 Å². The highest BCUT2D eigenvalue weighted by Gasteiger charge is 2.30. The van der Waals surface area contributed by atoms with Crippen LogP contribution in [0.25, 0.3) is 0 Å². The van der Waals surface area contributed by atoms with Crippen LogP contribution in [0.2, 0.25) is 0 Å². The molecule has 38 heavy (non-hydrogen) atoms.